The van der Waals surface area contributed by atoms with Crippen molar-refractivity contribution >= 4 is 27.5 Å². The SMILES string of the molecule is Cc1cccc(S(=O)(=O)N2CCCc3ncc(NC(=O)OC(C)(C)C)cc32)c1. The molecule has 1 N–H and O–H groups in total. The Morgan fingerprint density at radius 3 is 2.68 bits per heavy atom. The van der Waals surface area contributed by atoms with Gasteiger partial charge >= 0.3 is 6.09 Å². The Kier molecular flexibility index (Phi) is 5.34. The summed E-state index contributed by atoms with van der Waals surface area (Å²) in [5, 5.41) is 2.62. The maximum Gasteiger partial charge on any atom is 0.412 e. The van der Waals surface area contributed by atoms with Crippen LogP contribution >= 0.6 is 0 Å². The largest absolute Gasteiger partial charge is 0.444 e. The Hall–Kier alpha value is -2.61. The number of nitrogens with one attached hydrogen (secondary N) is 1. The standard InChI is InChI=1S/C20H25N3O4S/c1-14-7-5-8-16(11-14)28(25,26)23-10-6-9-17-18(23)12-15(13-21-17)22-19(24)27-20(2,3)4/h5,7-8,11-13H,6,9-10H2,1-4H3,(H,22,24). The van der Waals surface area contributed by atoms with Crippen molar-refractivity contribution in [3.8, 4) is 0 Å². The predicted octanol–water partition coefficient (Wildman–Crippen LogP) is 3.88. The lowest BCUT2D eigenvalue weighted by molar-refractivity contribution is 0.0636. The molecular weight excluding hydrogens is 378 g/mol. The number of nitrogens with zero attached hydrogens (tertiary/aromatic N) is 2. The van der Waals surface area contributed by atoms with Crippen LogP contribution in [0.1, 0.15) is 38.4 Å². The van der Waals surface area contributed by atoms with Crippen LogP contribution in [0.5, 0.6) is 0 Å². The second kappa shape index (κ2) is 7.43. The Balaban J connectivity index is 1.93. The summed E-state index contributed by atoms with van der Waals surface area (Å²) in [5.74, 6) is 0. The van der Waals surface area contributed by atoms with E-state index in [4.69, 9.17) is 4.74 Å². The average Bonchev–Trinajstić information content (AvgIpc) is 2.59. The minimum absolute atomic E-state index is 0.242. The molecule has 1 aliphatic heterocycles. The first-order valence-electron chi connectivity index (χ1n) is 9.14. The summed E-state index contributed by atoms with van der Waals surface area (Å²) in [6.07, 6.45) is 2.27. The molecule has 0 unspecified atom stereocenters. The van der Waals surface area contributed by atoms with Gasteiger partial charge in [0.15, 0.2) is 0 Å². The summed E-state index contributed by atoms with van der Waals surface area (Å²) in [5.41, 5.74) is 1.81. The number of sulfonamides is 1. The molecule has 0 radical (unpaired) electrons. The summed E-state index contributed by atoms with van der Waals surface area (Å²) in [4.78, 5) is 16.6. The van der Waals surface area contributed by atoms with Gasteiger partial charge in [-0.3, -0.25) is 14.6 Å². The zero-order chi connectivity index (χ0) is 20.5. The average molecular weight is 404 g/mol. The van der Waals surface area contributed by atoms with Crippen LogP contribution in [0, 0.1) is 6.92 Å². The van der Waals surface area contributed by atoms with Crippen LogP contribution in [0.15, 0.2) is 41.4 Å². The second-order valence-electron chi connectivity index (χ2n) is 7.81. The number of carbonyl (C=O) groups is 1. The van der Waals surface area contributed by atoms with Crippen LogP contribution in [-0.4, -0.2) is 31.6 Å². The molecule has 7 nitrogen and oxygen atoms in total. The number of anilines is 2. The van der Waals surface area contributed by atoms with E-state index in [0.29, 0.717) is 36.5 Å². The lowest BCUT2D eigenvalue weighted by Crippen LogP contribution is -2.36. The molecule has 28 heavy (non-hydrogen) atoms. The van der Waals surface area contributed by atoms with Gasteiger partial charge in [-0.05, 0) is 64.3 Å². The molecule has 0 saturated carbocycles. The monoisotopic (exact) mass is 403 g/mol. The fraction of sp³-hybridized carbons (Fsp3) is 0.400. The summed E-state index contributed by atoms with van der Waals surface area (Å²) in [6, 6.07) is 8.46. The van der Waals surface area contributed by atoms with Crippen molar-refractivity contribution in [2.75, 3.05) is 16.2 Å². The number of benzene rings is 1. The molecule has 0 saturated heterocycles. The van der Waals surface area contributed by atoms with Crippen LogP contribution in [0.4, 0.5) is 16.2 Å². The summed E-state index contributed by atoms with van der Waals surface area (Å²) in [7, 11) is -3.72. The number of ether oxygens (including phenoxy) is 1. The third-order valence-corrected chi connectivity index (χ3v) is 6.02. The lowest BCUT2D eigenvalue weighted by atomic mass is 10.1. The fourth-order valence-corrected chi connectivity index (χ4v) is 4.67. The molecular formula is C20H25N3O4S. The molecule has 150 valence electrons. The van der Waals surface area contributed by atoms with E-state index in [1.54, 1.807) is 45.0 Å². The molecule has 2 heterocycles. The van der Waals surface area contributed by atoms with Gasteiger partial charge < -0.3 is 4.74 Å². The molecule has 0 bridgehead atoms. The molecule has 0 atom stereocenters. The Morgan fingerprint density at radius 1 is 1.25 bits per heavy atom. The van der Waals surface area contributed by atoms with Gasteiger partial charge in [0.1, 0.15) is 5.60 Å². The molecule has 1 aromatic carbocycles. The fourth-order valence-electron chi connectivity index (χ4n) is 3.04. The predicted molar refractivity (Wildman–Crippen MR) is 108 cm³/mol. The number of aromatic nitrogens is 1. The van der Waals surface area contributed by atoms with Crippen LogP contribution < -0.4 is 9.62 Å². The highest BCUT2D eigenvalue weighted by Gasteiger charge is 2.30. The number of amides is 1. The van der Waals surface area contributed by atoms with Crippen LogP contribution in [0.2, 0.25) is 0 Å². The highest BCUT2D eigenvalue weighted by atomic mass is 32.2. The van der Waals surface area contributed by atoms with E-state index in [0.717, 1.165) is 5.56 Å². The number of rotatable bonds is 3. The Labute approximate surface area is 165 Å². The van der Waals surface area contributed by atoms with E-state index in [1.807, 2.05) is 13.0 Å². The topological polar surface area (TPSA) is 88.6 Å². The molecule has 2 aromatic rings. The van der Waals surface area contributed by atoms with Gasteiger partial charge in [0, 0.05) is 6.54 Å². The maximum absolute atomic E-state index is 13.2. The van der Waals surface area contributed by atoms with E-state index in [2.05, 4.69) is 10.3 Å². The van der Waals surface area contributed by atoms with Crippen molar-refractivity contribution in [3.63, 3.8) is 0 Å². The molecule has 1 amide bonds. The molecule has 1 aliphatic rings. The zero-order valence-electron chi connectivity index (χ0n) is 16.5. The Morgan fingerprint density at radius 2 is 2.00 bits per heavy atom. The number of carbonyl (C=O) groups excluding carboxylic acids is 1. The van der Waals surface area contributed by atoms with Gasteiger partial charge in [0.25, 0.3) is 10.0 Å². The highest BCUT2D eigenvalue weighted by Crippen LogP contribution is 2.33. The number of aryl methyl sites for hydroxylation is 2. The second-order valence-corrected chi connectivity index (χ2v) is 9.68. The molecule has 0 aliphatic carbocycles. The smallest absolute Gasteiger partial charge is 0.412 e. The van der Waals surface area contributed by atoms with Crippen molar-refractivity contribution < 1.29 is 17.9 Å². The quantitative estimate of drug-likeness (QED) is 0.840. The van der Waals surface area contributed by atoms with E-state index < -0.39 is 21.7 Å². The van der Waals surface area contributed by atoms with E-state index >= 15 is 0 Å². The zero-order valence-corrected chi connectivity index (χ0v) is 17.3. The third-order valence-electron chi connectivity index (χ3n) is 4.21. The van der Waals surface area contributed by atoms with Crippen LogP contribution in [0.25, 0.3) is 0 Å². The van der Waals surface area contributed by atoms with Crippen LogP contribution in [0.3, 0.4) is 0 Å². The van der Waals surface area contributed by atoms with Gasteiger partial charge in [-0.25, -0.2) is 13.2 Å². The summed E-state index contributed by atoms with van der Waals surface area (Å²) >= 11 is 0. The van der Waals surface area contributed by atoms with Crippen molar-refractivity contribution in [2.45, 2.75) is 51.0 Å². The van der Waals surface area contributed by atoms with Crippen molar-refractivity contribution in [3.05, 3.63) is 47.8 Å². The Bertz CT molecular complexity index is 997. The van der Waals surface area contributed by atoms with Crippen LogP contribution in [-0.2, 0) is 21.2 Å². The minimum Gasteiger partial charge on any atom is -0.444 e. The van der Waals surface area contributed by atoms with Crippen molar-refractivity contribution in [1.82, 2.24) is 4.98 Å². The number of hydrogen-bond donors (Lipinski definition) is 1. The minimum atomic E-state index is -3.72. The van der Waals surface area contributed by atoms with Gasteiger partial charge in [0.05, 0.1) is 28.2 Å². The molecule has 3 rings (SSSR count). The van der Waals surface area contributed by atoms with Crippen molar-refractivity contribution in [1.29, 1.82) is 0 Å². The summed E-state index contributed by atoms with van der Waals surface area (Å²) < 4.78 is 33.0. The molecule has 1 aromatic heterocycles. The van der Waals surface area contributed by atoms with E-state index in [9.17, 15) is 13.2 Å². The first kappa shape index (κ1) is 20.1. The molecule has 8 heteroatoms. The first-order chi connectivity index (χ1) is 13.1. The number of pyridine rings is 1. The van der Waals surface area contributed by atoms with Crippen molar-refractivity contribution in [2.24, 2.45) is 0 Å². The van der Waals surface area contributed by atoms with Gasteiger partial charge in [-0.15, -0.1) is 0 Å². The van der Waals surface area contributed by atoms with Gasteiger partial charge in [-0.2, -0.15) is 0 Å². The number of hydrogen-bond acceptors (Lipinski definition) is 5. The summed E-state index contributed by atoms with van der Waals surface area (Å²) in [6.45, 7) is 7.53. The van der Waals surface area contributed by atoms with E-state index in [1.165, 1.54) is 10.5 Å². The highest BCUT2D eigenvalue weighted by molar-refractivity contribution is 7.92. The maximum atomic E-state index is 13.2. The van der Waals surface area contributed by atoms with Gasteiger partial charge in [-0.1, -0.05) is 12.1 Å². The van der Waals surface area contributed by atoms with Gasteiger partial charge in [0.2, 0.25) is 0 Å². The normalized spacial score (nSPS) is 14.4. The lowest BCUT2D eigenvalue weighted by Gasteiger charge is -2.30. The first-order valence-corrected chi connectivity index (χ1v) is 10.6. The van der Waals surface area contributed by atoms with E-state index in [-0.39, 0.29) is 4.90 Å². The number of fused-ring (bicyclic) bond motifs is 1. The third kappa shape index (κ3) is 4.44. The molecule has 0 spiro atoms. The molecule has 0 fully saturated rings.